The van der Waals surface area contributed by atoms with Crippen molar-refractivity contribution in [2.24, 2.45) is 16.7 Å². The van der Waals surface area contributed by atoms with Crippen molar-refractivity contribution >= 4 is 34.5 Å². The second-order valence-electron chi connectivity index (χ2n) is 10.2. The summed E-state index contributed by atoms with van der Waals surface area (Å²) < 4.78 is 0. The third-order valence-corrected chi connectivity index (χ3v) is 8.39. The standard InChI is InChI=1S/C24H31N5O4/c30-20(15-4-2-1-3-5-15)29-16-12-25-18-17(16)27-14-28-19(18)21(31)26-13-23-6-9-24(10-7-23,11-8-23)22(32)33/h12,14-15,25H,1-11,13H2,(H,26,31)(H,29,30)(H,32,33). The van der Waals surface area contributed by atoms with Crippen molar-refractivity contribution in [2.45, 2.75) is 70.6 Å². The molecule has 4 fully saturated rings. The molecule has 176 valence electrons. The first-order valence-electron chi connectivity index (χ1n) is 12.1. The molecule has 4 aliphatic rings. The molecule has 0 aromatic carbocycles. The molecule has 4 N–H and O–H groups in total. The van der Waals surface area contributed by atoms with E-state index < -0.39 is 11.4 Å². The Bertz CT molecular complexity index is 1060. The van der Waals surface area contributed by atoms with Crippen LogP contribution in [-0.2, 0) is 9.59 Å². The van der Waals surface area contributed by atoms with Crippen LogP contribution in [0, 0.1) is 16.7 Å². The van der Waals surface area contributed by atoms with E-state index in [1.54, 1.807) is 6.20 Å². The quantitative estimate of drug-likeness (QED) is 0.527. The number of aliphatic carboxylic acids is 1. The fraction of sp³-hybridized carbons (Fsp3) is 0.625. The largest absolute Gasteiger partial charge is 0.481 e. The number of nitrogens with one attached hydrogen (secondary N) is 3. The molecule has 2 aromatic heterocycles. The van der Waals surface area contributed by atoms with Crippen molar-refractivity contribution in [3.05, 3.63) is 18.2 Å². The van der Waals surface area contributed by atoms with E-state index in [2.05, 4.69) is 25.6 Å². The van der Waals surface area contributed by atoms with Crippen LogP contribution in [0.25, 0.3) is 11.0 Å². The highest BCUT2D eigenvalue weighted by atomic mass is 16.4. The molecule has 4 saturated carbocycles. The zero-order chi connectivity index (χ0) is 23.1. The molecular formula is C24H31N5O4. The van der Waals surface area contributed by atoms with E-state index in [0.29, 0.717) is 42.5 Å². The van der Waals surface area contributed by atoms with E-state index >= 15 is 0 Å². The summed E-state index contributed by atoms with van der Waals surface area (Å²) in [6.07, 6.45) is 12.7. The number of carbonyl (C=O) groups is 3. The molecule has 9 heteroatoms. The topological polar surface area (TPSA) is 137 Å². The highest BCUT2D eigenvalue weighted by molar-refractivity contribution is 6.08. The highest BCUT2D eigenvalue weighted by Gasteiger charge is 2.52. The summed E-state index contributed by atoms with van der Waals surface area (Å²) in [4.78, 5) is 48.9. The molecule has 0 unspecified atom stereocenters. The fourth-order valence-electron chi connectivity index (χ4n) is 6.01. The van der Waals surface area contributed by atoms with Gasteiger partial charge in [-0.3, -0.25) is 14.4 Å². The molecular weight excluding hydrogens is 422 g/mol. The second kappa shape index (κ2) is 8.43. The summed E-state index contributed by atoms with van der Waals surface area (Å²) in [6, 6.07) is 0. The number of hydrogen-bond acceptors (Lipinski definition) is 5. The van der Waals surface area contributed by atoms with Gasteiger partial charge in [-0.2, -0.15) is 0 Å². The van der Waals surface area contributed by atoms with Crippen molar-refractivity contribution in [3.8, 4) is 0 Å². The van der Waals surface area contributed by atoms with Crippen molar-refractivity contribution in [3.63, 3.8) is 0 Å². The number of aromatic amines is 1. The van der Waals surface area contributed by atoms with Gasteiger partial charge >= 0.3 is 5.97 Å². The number of H-pyrrole nitrogens is 1. The Balaban J connectivity index is 1.26. The maximum absolute atomic E-state index is 13.0. The average Bonchev–Trinajstić information content (AvgIpc) is 3.27. The summed E-state index contributed by atoms with van der Waals surface area (Å²) in [5.74, 6) is -0.935. The maximum atomic E-state index is 13.0. The third-order valence-electron chi connectivity index (χ3n) is 8.39. The van der Waals surface area contributed by atoms with E-state index in [1.807, 2.05) is 0 Å². The Morgan fingerprint density at radius 3 is 2.39 bits per heavy atom. The smallest absolute Gasteiger partial charge is 0.309 e. The van der Waals surface area contributed by atoms with Crippen LogP contribution in [0.15, 0.2) is 12.5 Å². The summed E-state index contributed by atoms with van der Waals surface area (Å²) in [7, 11) is 0. The normalized spacial score (nSPS) is 27.4. The predicted molar refractivity (Wildman–Crippen MR) is 122 cm³/mol. The molecule has 33 heavy (non-hydrogen) atoms. The van der Waals surface area contributed by atoms with Gasteiger partial charge in [0.25, 0.3) is 5.91 Å². The zero-order valence-electron chi connectivity index (χ0n) is 18.8. The summed E-state index contributed by atoms with van der Waals surface area (Å²) in [6.45, 7) is 0.513. The Morgan fingerprint density at radius 1 is 1.03 bits per heavy atom. The number of carboxylic acid groups (broad SMARTS) is 1. The lowest BCUT2D eigenvalue weighted by atomic mass is 9.53. The number of amides is 2. The van der Waals surface area contributed by atoms with Gasteiger partial charge in [0.15, 0.2) is 5.69 Å². The van der Waals surface area contributed by atoms with Gasteiger partial charge < -0.3 is 20.7 Å². The van der Waals surface area contributed by atoms with Gasteiger partial charge in [0.05, 0.1) is 16.6 Å². The van der Waals surface area contributed by atoms with Crippen LogP contribution in [0.2, 0.25) is 0 Å². The first kappa shape index (κ1) is 21.9. The fourth-order valence-corrected chi connectivity index (χ4v) is 6.01. The van der Waals surface area contributed by atoms with Crippen LogP contribution in [0.5, 0.6) is 0 Å². The highest BCUT2D eigenvalue weighted by Crippen LogP contribution is 2.56. The molecule has 0 aliphatic heterocycles. The van der Waals surface area contributed by atoms with Crippen LogP contribution in [0.3, 0.4) is 0 Å². The summed E-state index contributed by atoms with van der Waals surface area (Å²) in [5.41, 5.74) is 1.25. The van der Waals surface area contributed by atoms with Crippen molar-refractivity contribution in [1.82, 2.24) is 20.3 Å². The minimum absolute atomic E-state index is 0.00588. The Kier molecular flexibility index (Phi) is 5.58. The molecule has 6 rings (SSSR count). The lowest BCUT2D eigenvalue weighted by Crippen LogP contribution is -2.50. The predicted octanol–water partition coefficient (Wildman–Crippen LogP) is 3.63. The molecule has 4 aliphatic carbocycles. The number of anilines is 1. The van der Waals surface area contributed by atoms with Gasteiger partial charge in [-0.05, 0) is 56.8 Å². The van der Waals surface area contributed by atoms with Crippen LogP contribution < -0.4 is 10.6 Å². The lowest BCUT2D eigenvalue weighted by Gasteiger charge is -2.51. The van der Waals surface area contributed by atoms with Crippen LogP contribution >= 0.6 is 0 Å². The van der Waals surface area contributed by atoms with Crippen molar-refractivity contribution in [1.29, 1.82) is 0 Å². The molecule has 0 atom stereocenters. The monoisotopic (exact) mass is 453 g/mol. The molecule has 0 saturated heterocycles. The molecule has 0 spiro atoms. The number of fused-ring (bicyclic) bond motifs is 4. The zero-order valence-corrected chi connectivity index (χ0v) is 18.8. The van der Waals surface area contributed by atoms with Gasteiger partial charge in [0, 0.05) is 18.7 Å². The van der Waals surface area contributed by atoms with Gasteiger partial charge in [-0.1, -0.05) is 19.3 Å². The van der Waals surface area contributed by atoms with E-state index in [0.717, 1.165) is 44.9 Å². The van der Waals surface area contributed by atoms with Crippen molar-refractivity contribution in [2.75, 3.05) is 11.9 Å². The Morgan fingerprint density at radius 2 is 1.73 bits per heavy atom. The number of nitrogens with zero attached hydrogens (tertiary/aromatic N) is 2. The Labute approximate surface area is 192 Å². The van der Waals surface area contributed by atoms with Crippen LogP contribution in [-0.4, -0.2) is 44.4 Å². The number of carbonyl (C=O) groups excluding carboxylic acids is 2. The van der Waals surface area contributed by atoms with Crippen molar-refractivity contribution < 1.29 is 19.5 Å². The van der Waals surface area contributed by atoms with Gasteiger partial charge in [0.1, 0.15) is 11.8 Å². The molecule has 2 amide bonds. The van der Waals surface area contributed by atoms with Gasteiger partial charge in [-0.25, -0.2) is 9.97 Å². The first-order chi connectivity index (χ1) is 15.9. The van der Waals surface area contributed by atoms with E-state index in [9.17, 15) is 19.5 Å². The molecule has 2 bridgehead atoms. The summed E-state index contributed by atoms with van der Waals surface area (Å²) in [5, 5.41) is 15.6. The Hall–Kier alpha value is -2.97. The third kappa shape index (κ3) is 3.98. The van der Waals surface area contributed by atoms with Gasteiger partial charge in [0.2, 0.25) is 5.91 Å². The molecule has 2 heterocycles. The lowest BCUT2D eigenvalue weighted by molar-refractivity contribution is -0.158. The molecule has 0 radical (unpaired) electrons. The number of hydrogen-bond donors (Lipinski definition) is 4. The van der Waals surface area contributed by atoms with E-state index in [-0.39, 0.29) is 28.8 Å². The maximum Gasteiger partial charge on any atom is 0.309 e. The number of rotatable bonds is 6. The molecule has 9 nitrogen and oxygen atoms in total. The molecule has 2 aromatic rings. The number of aromatic nitrogens is 3. The number of carboxylic acids is 1. The average molecular weight is 454 g/mol. The summed E-state index contributed by atoms with van der Waals surface area (Å²) >= 11 is 0. The van der Waals surface area contributed by atoms with Crippen LogP contribution in [0.1, 0.15) is 81.1 Å². The van der Waals surface area contributed by atoms with Crippen LogP contribution in [0.4, 0.5) is 5.69 Å². The van der Waals surface area contributed by atoms with Gasteiger partial charge in [-0.15, -0.1) is 0 Å². The van der Waals surface area contributed by atoms with E-state index in [1.165, 1.54) is 12.7 Å². The first-order valence-corrected chi connectivity index (χ1v) is 12.1. The SMILES string of the molecule is O=C(NCC12CCC(C(=O)O)(CC1)CC2)c1ncnc2c(NC(=O)C3CCCCC3)c[nH]c12. The van der Waals surface area contributed by atoms with E-state index in [4.69, 9.17) is 0 Å². The minimum atomic E-state index is -0.679. The minimum Gasteiger partial charge on any atom is -0.481 e. The second-order valence-corrected chi connectivity index (χ2v) is 10.2.